The summed E-state index contributed by atoms with van der Waals surface area (Å²) >= 11 is 6.14. The third-order valence-electron chi connectivity index (χ3n) is 4.80. The number of benzene rings is 2. The highest BCUT2D eigenvalue weighted by atomic mass is 35.5. The van der Waals surface area contributed by atoms with Crippen molar-refractivity contribution in [2.45, 2.75) is 20.4 Å². The molecule has 6 nitrogen and oxygen atoms in total. The molecule has 0 atom stereocenters. The predicted molar refractivity (Wildman–Crippen MR) is 114 cm³/mol. The Morgan fingerprint density at radius 3 is 2.28 bits per heavy atom. The third-order valence-corrected chi connectivity index (χ3v) is 5.17. The van der Waals surface area contributed by atoms with Gasteiger partial charge in [0.2, 0.25) is 0 Å². The summed E-state index contributed by atoms with van der Waals surface area (Å²) in [5.74, 6) is -1.35. The normalized spacial score (nSPS) is 15.6. The second-order valence-electron chi connectivity index (χ2n) is 6.56. The molecule has 0 unspecified atom stereocenters. The van der Waals surface area contributed by atoms with Crippen LogP contribution in [-0.4, -0.2) is 35.8 Å². The van der Waals surface area contributed by atoms with E-state index in [0.29, 0.717) is 16.1 Å². The van der Waals surface area contributed by atoms with Gasteiger partial charge in [-0.3, -0.25) is 19.8 Å². The highest BCUT2D eigenvalue weighted by Gasteiger charge is 2.35. The number of urea groups is 1. The minimum absolute atomic E-state index is 0.0180. The molecule has 1 saturated heterocycles. The van der Waals surface area contributed by atoms with Crippen molar-refractivity contribution < 1.29 is 14.4 Å². The monoisotopic (exact) mass is 411 g/mol. The Labute approximate surface area is 174 Å². The van der Waals surface area contributed by atoms with Gasteiger partial charge in [0.1, 0.15) is 5.57 Å². The lowest BCUT2D eigenvalue weighted by Crippen LogP contribution is -2.53. The number of hydrogen-bond donors (Lipinski definition) is 1. The molecule has 0 aliphatic carbocycles. The molecule has 4 amide bonds. The van der Waals surface area contributed by atoms with Crippen molar-refractivity contribution in [3.05, 3.63) is 70.3 Å². The van der Waals surface area contributed by atoms with Gasteiger partial charge >= 0.3 is 6.03 Å². The van der Waals surface area contributed by atoms with Crippen LogP contribution in [0.4, 0.5) is 10.5 Å². The molecule has 0 saturated carbocycles. The number of hydrogen-bond acceptors (Lipinski definition) is 4. The second kappa shape index (κ2) is 8.92. The maximum Gasteiger partial charge on any atom is 0.331 e. The lowest BCUT2D eigenvalue weighted by Gasteiger charge is -2.26. The number of nitrogens with one attached hydrogen (secondary N) is 1. The Bertz CT molecular complexity index is 966. The van der Waals surface area contributed by atoms with Crippen molar-refractivity contribution in [3.8, 4) is 0 Å². The van der Waals surface area contributed by atoms with Crippen LogP contribution < -0.4 is 10.2 Å². The molecule has 1 fully saturated rings. The maximum atomic E-state index is 12.9. The second-order valence-corrected chi connectivity index (χ2v) is 6.97. The van der Waals surface area contributed by atoms with Gasteiger partial charge in [-0.1, -0.05) is 41.9 Å². The van der Waals surface area contributed by atoms with Crippen molar-refractivity contribution in [1.29, 1.82) is 0 Å². The van der Waals surface area contributed by atoms with Crippen molar-refractivity contribution in [3.63, 3.8) is 0 Å². The number of rotatable bonds is 6. The van der Waals surface area contributed by atoms with Crippen LogP contribution in [0.25, 0.3) is 6.08 Å². The standard InChI is InChI=1S/C22H22ClN3O3/c1-3-25(4-2)17-11-9-15(10-12-17)13-18-20(27)24-22(29)26(21(18)28)14-16-7-5-6-8-19(16)23/h5-13H,3-4,14H2,1-2H3,(H,24,27,29)/b18-13-. The summed E-state index contributed by atoms with van der Waals surface area (Å²) < 4.78 is 0. The Morgan fingerprint density at radius 2 is 1.66 bits per heavy atom. The lowest BCUT2D eigenvalue weighted by atomic mass is 10.1. The maximum absolute atomic E-state index is 12.9. The number of anilines is 1. The van der Waals surface area contributed by atoms with Crippen molar-refractivity contribution in [2.75, 3.05) is 18.0 Å². The number of nitrogens with zero attached hydrogens (tertiary/aromatic N) is 2. The summed E-state index contributed by atoms with van der Waals surface area (Å²) in [6.07, 6.45) is 1.50. The number of carbonyl (C=O) groups excluding carboxylic acids is 3. The van der Waals surface area contributed by atoms with Crippen molar-refractivity contribution >= 4 is 41.2 Å². The van der Waals surface area contributed by atoms with Gasteiger partial charge in [0.25, 0.3) is 11.8 Å². The Balaban J connectivity index is 1.86. The summed E-state index contributed by atoms with van der Waals surface area (Å²) in [5.41, 5.74) is 2.29. The molecule has 2 aromatic carbocycles. The first-order chi connectivity index (χ1) is 13.9. The quantitative estimate of drug-likeness (QED) is 0.579. The van der Waals surface area contributed by atoms with Gasteiger partial charge in [0.15, 0.2) is 0 Å². The van der Waals surface area contributed by atoms with Crippen molar-refractivity contribution in [2.24, 2.45) is 0 Å². The fraction of sp³-hybridized carbons (Fsp3) is 0.227. The summed E-state index contributed by atoms with van der Waals surface area (Å²) in [6.45, 7) is 5.91. The van der Waals surface area contributed by atoms with E-state index in [1.807, 2.05) is 24.3 Å². The minimum Gasteiger partial charge on any atom is -0.372 e. The first-order valence-electron chi connectivity index (χ1n) is 9.41. The zero-order chi connectivity index (χ0) is 21.0. The topological polar surface area (TPSA) is 69.7 Å². The predicted octanol–water partition coefficient (Wildman–Crippen LogP) is 3.85. The van der Waals surface area contributed by atoms with Crippen LogP contribution in [0, 0.1) is 0 Å². The van der Waals surface area contributed by atoms with Gasteiger partial charge < -0.3 is 4.90 Å². The molecular weight excluding hydrogens is 390 g/mol. The summed E-state index contributed by atoms with van der Waals surface area (Å²) in [4.78, 5) is 40.5. The molecule has 0 radical (unpaired) electrons. The van der Waals surface area contributed by atoms with E-state index in [9.17, 15) is 14.4 Å². The Morgan fingerprint density at radius 1 is 1.00 bits per heavy atom. The highest BCUT2D eigenvalue weighted by Crippen LogP contribution is 2.22. The van der Waals surface area contributed by atoms with Gasteiger partial charge in [-0.15, -0.1) is 0 Å². The fourth-order valence-electron chi connectivity index (χ4n) is 3.17. The van der Waals surface area contributed by atoms with Crippen molar-refractivity contribution in [1.82, 2.24) is 10.2 Å². The first-order valence-corrected chi connectivity index (χ1v) is 9.79. The zero-order valence-electron chi connectivity index (χ0n) is 16.3. The molecule has 0 bridgehead atoms. The number of carbonyl (C=O) groups is 3. The number of imide groups is 2. The van der Waals surface area contributed by atoms with Crippen LogP contribution in [0.3, 0.4) is 0 Å². The van der Waals surface area contributed by atoms with Crippen LogP contribution in [0.2, 0.25) is 5.02 Å². The van der Waals surface area contributed by atoms with E-state index in [1.165, 1.54) is 6.08 Å². The largest absolute Gasteiger partial charge is 0.372 e. The van der Waals surface area contributed by atoms with E-state index in [4.69, 9.17) is 11.6 Å². The van der Waals surface area contributed by atoms with E-state index in [2.05, 4.69) is 24.1 Å². The van der Waals surface area contributed by atoms with Gasteiger partial charge in [0.05, 0.1) is 6.54 Å². The average molecular weight is 412 g/mol. The van der Waals surface area contributed by atoms with Crippen LogP contribution in [-0.2, 0) is 16.1 Å². The highest BCUT2D eigenvalue weighted by molar-refractivity contribution is 6.32. The Kier molecular flexibility index (Phi) is 6.34. The molecule has 1 aliphatic heterocycles. The molecule has 3 rings (SSSR count). The first kappa shape index (κ1) is 20.6. The van der Waals surface area contributed by atoms with Gasteiger partial charge in [-0.25, -0.2) is 4.79 Å². The van der Waals surface area contributed by atoms with E-state index in [0.717, 1.165) is 23.7 Å². The van der Waals surface area contributed by atoms with Crippen LogP contribution in [0.5, 0.6) is 0 Å². The molecule has 29 heavy (non-hydrogen) atoms. The number of barbiturate groups is 1. The van der Waals surface area contributed by atoms with Gasteiger partial charge in [0, 0.05) is 23.8 Å². The van der Waals surface area contributed by atoms with E-state index in [-0.39, 0.29) is 12.1 Å². The summed E-state index contributed by atoms with van der Waals surface area (Å²) in [6, 6.07) is 13.8. The van der Waals surface area contributed by atoms with Crippen LogP contribution in [0.1, 0.15) is 25.0 Å². The molecule has 1 heterocycles. The van der Waals surface area contributed by atoms with Crippen LogP contribution >= 0.6 is 11.6 Å². The third kappa shape index (κ3) is 4.49. The minimum atomic E-state index is -0.756. The van der Waals surface area contributed by atoms with Crippen LogP contribution in [0.15, 0.2) is 54.1 Å². The molecule has 0 aromatic heterocycles. The van der Waals surface area contributed by atoms with Gasteiger partial charge in [-0.05, 0) is 49.2 Å². The van der Waals surface area contributed by atoms with E-state index >= 15 is 0 Å². The average Bonchev–Trinajstić information content (AvgIpc) is 2.71. The molecule has 1 N–H and O–H groups in total. The molecule has 0 spiro atoms. The molecule has 150 valence electrons. The molecule has 7 heteroatoms. The zero-order valence-corrected chi connectivity index (χ0v) is 17.1. The summed E-state index contributed by atoms with van der Waals surface area (Å²) in [7, 11) is 0. The molecular formula is C22H22ClN3O3. The van der Waals surface area contributed by atoms with E-state index < -0.39 is 17.8 Å². The van der Waals surface area contributed by atoms with Gasteiger partial charge in [-0.2, -0.15) is 0 Å². The summed E-state index contributed by atoms with van der Waals surface area (Å²) in [5, 5.41) is 2.67. The number of halogens is 1. The lowest BCUT2D eigenvalue weighted by molar-refractivity contribution is -0.130. The molecule has 1 aliphatic rings. The van der Waals surface area contributed by atoms with E-state index in [1.54, 1.807) is 24.3 Å². The SMILES string of the molecule is CCN(CC)c1ccc(/C=C2/C(=O)NC(=O)N(Cc3ccccc3Cl)C2=O)cc1. The Hall–Kier alpha value is -3.12. The number of amides is 4. The molecule has 2 aromatic rings. The smallest absolute Gasteiger partial charge is 0.331 e. The fourth-order valence-corrected chi connectivity index (χ4v) is 3.37.